The number of sulfone groups is 1. The number of benzene rings is 2. The van der Waals surface area contributed by atoms with E-state index in [0.717, 1.165) is 10.7 Å². The minimum absolute atomic E-state index is 0.0784. The van der Waals surface area contributed by atoms with Crippen LogP contribution in [0.4, 0.5) is 11.4 Å². The second kappa shape index (κ2) is 8.28. The van der Waals surface area contributed by atoms with Crippen molar-refractivity contribution in [2.45, 2.75) is 4.90 Å². The van der Waals surface area contributed by atoms with Gasteiger partial charge in [0, 0.05) is 29.4 Å². The Kier molecular flexibility index (Phi) is 6.32. The van der Waals surface area contributed by atoms with Crippen molar-refractivity contribution in [1.29, 1.82) is 0 Å². The highest BCUT2D eigenvalue weighted by Crippen LogP contribution is 2.31. The second-order valence-electron chi connectivity index (χ2n) is 5.37. The molecule has 0 spiro atoms. The molecule has 2 N–H and O–H groups in total. The van der Waals surface area contributed by atoms with Gasteiger partial charge in [0.05, 0.1) is 4.92 Å². The number of nitro benzene ring substituents is 1. The number of rotatable bonds is 7. The maximum absolute atomic E-state index is 12.0. The van der Waals surface area contributed by atoms with Crippen LogP contribution < -0.4 is 10.6 Å². The van der Waals surface area contributed by atoms with Gasteiger partial charge >= 0.3 is 5.69 Å². The smallest absolute Gasteiger partial charge is 0.310 e. The molecule has 0 saturated carbocycles. The van der Waals surface area contributed by atoms with Crippen LogP contribution in [0.5, 0.6) is 0 Å². The van der Waals surface area contributed by atoms with Crippen LogP contribution in [0, 0.1) is 10.1 Å². The van der Waals surface area contributed by atoms with E-state index in [1.165, 1.54) is 18.2 Å². The third-order valence-corrected chi connectivity index (χ3v) is 5.02. The van der Waals surface area contributed by atoms with Gasteiger partial charge in [-0.1, -0.05) is 28.1 Å². The topological polar surface area (TPSA) is 118 Å². The van der Waals surface area contributed by atoms with E-state index in [4.69, 9.17) is 0 Å². The lowest BCUT2D eigenvalue weighted by atomic mass is 10.2. The number of nitro groups is 1. The van der Waals surface area contributed by atoms with Crippen molar-refractivity contribution < 1.29 is 18.1 Å². The molecule has 0 fully saturated rings. The Hall–Kier alpha value is -2.46. The van der Waals surface area contributed by atoms with Gasteiger partial charge in [-0.3, -0.25) is 14.9 Å². The maximum Gasteiger partial charge on any atom is 0.310 e. The van der Waals surface area contributed by atoms with Crippen LogP contribution in [0.2, 0.25) is 0 Å². The van der Waals surface area contributed by atoms with Crippen LogP contribution in [0.1, 0.15) is 10.4 Å². The number of amides is 1. The number of anilines is 1. The van der Waals surface area contributed by atoms with Crippen LogP contribution in [0.15, 0.2) is 51.8 Å². The molecule has 2 rings (SSSR count). The average Bonchev–Trinajstić information content (AvgIpc) is 2.57. The summed E-state index contributed by atoms with van der Waals surface area (Å²) < 4.78 is 24.2. The van der Waals surface area contributed by atoms with Gasteiger partial charge < -0.3 is 10.6 Å². The third kappa shape index (κ3) is 5.02. The van der Waals surface area contributed by atoms with Gasteiger partial charge in [-0.25, -0.2) is 8.42 Å². The monoisotopic (exact) mass is 441 g/mol. The van der Waals surface area contributed by atoms with Crippen LogP contribution >= 0.6 is 15.9 Å². The van der Waals surface area contributed by atoms with Gasteiger partial charge in [0.2, 0.25) is 0 Å². The van der Waals surface area contributed by atoms with Crippen LogP contribution in [0.3, 0.4) is 0 Å². The zero-order valence-electron chi connectivity index (χ0n) is 13.7. The second-order valence-corrected chi connectivity index (χ2v) is 8.27. The standard InChI is InChI=1S/C16H16BrN3O5S/c1-26(24,25)14-7-3-6-13(15(14)20(22)23)18-8-9-19-16(21)11-4-2-5-12(17)10-11/h2-7,10,18H,8-9H2,1H3,(H,19,21). The predicted molar refractivity (Wildman–Crippen MR) is 101 cm³/mol. The maximum atomic E-state index is 12.0. The van der Waals surface area contributed by atoms with Crippen molar-refractivity contribution >= 4 is 43.0 Å². The number of nitrogens with zero attached hydrogens (tertiary/aromatic N) is 1. The fourth-order valence-corrected chi connectivity index (χ4v) is 3.52. The summed E-state index contributed by atoms with van der Waals surface area (Å²) in [6.45, 7) is 0.388. The summed E-state index contributed by atoms with van der Waals surface area (Å²) in [4.78, 5) is 22.2. The molecule has 0 aliphatic rings. The first-order chi connectivity index (χ1) is 12.2. The van der Waals surface area contributed by atoms with E-state index < -0.39 is 20.4 Å². The van der Waals surface area contributed by atoms with Crippen LogP contribution in [0.25, 0.3) is 0 Å². The molecule has 138 valence electrons. The van der Waals surface area contributed by atoms with Gasteiger partial charge in [-0.2, -0.15) is 0 Å². The molecule has 0 aromatic heterocycles. The molecule has 0 saturated heterocycles. The lowest BCUT2D eigenvalue weighted by Crippen LogP contribution is -2.28. The summed E-state index contributed by atoms with van der Waals surface area (Å²) in [5, 5.41) is 16.7. The van der Waals surface area contributed by atoms with Gasteiger partial charge in [0.25, 0.3) is 5.91 Å². The first-order valence-electron chi connectivity index (χ1n) is 7.45. The summed E-state index contributed by atoms with van der Waals surface area (Å²) >= 11 is 3.28. The fourth-order valence-electron chi connectivity index (χ4n) is 2.26. The Morgan fingerprint density at radius 3 is 2.50 bits per heavy atom. The molecular formula is C16H16BrN3O5S. The number of hydrogen-bond donors (Lipinski definition) is 2. The Bertz CT molecular complexity index is 947. The SMILES string of the molecule is CS(=O)(=O)c1cccc(NCCNC(=O)c2cccc(Br)c2)c1[N+](=O)[O-]. The van der Waals surface area contributed by atoms with Gasteiger partial charge in [0.1, 0.15) is 10.6 Å². The molecule has 10 heteroatoms. The van der Waals surface area contributed by atoms with Crippen molar-refractivity contribution in [2.75, 3.05) is 24.7 Å². The number of para-hydroxylation sites is 1. The Morgan fingerprint density at radius 2 is 1.88 bits per heavy atom. The number of halogens is 1. The summed E-state index contributed by atoms with van der Waals surface area (Å²) in [6, 6.07) is 10.9. The summed E-state index contributed by atoms with van der Waals surface area (Å²) in [7, 11) is -3.74. The summed E-state index contributed by atoms with van der Waals surface area (Å²) in [5.74, 6) is -0.285. The Balaban J connectivity index is 2.04. The van der Waals surface area contributed by atoms with Crippen LogP contribution in [-0.2, 0) is 9.84 Å². The Labute approximate surface area is 158 Å². The normalized spacial score (nSPS) is 11.0. The molecular weight excluding hydrogens is 426 g/mol. The lowest BCUT2D eigenvalue weighted by molar-refractivity contribution is -0.386. The minimum Gasteiger partial charge on any atom is -0.378 e. The van der Waals surface area contributed by atoms with E-state index in [1.807, 2.05) is 0 Å². The van der Waals surface area contributed by atoms with E-state index in [-0.39, 0.29) is 29.6 Å². The van der Waals surface area contributed by atoms with Crippen molar-refractivity contribution in [2.24, 2.45) is 0 Å². The van der Waals surface area contributed by atoms with Crippen molar-refractivity contribution in [1.82, 2.24) is 5.32 Å². The van der Waals surface area contributed by atoms with Gasteiger partial charge in [-0.15, -0.1) is 0 Å². The molecule has 1 amide bonds. The molecule has 2 aromatic rings. The molecule has 0 atom stereocenters. The molecule has 26 heavy (non-hydrogen) atoms. The third-order valence-electron chi connectivity index (χ3n) is 3.39. The molecule has 0 radical (unpaired) electrons. The van der Waals surface area contributed by atoms with E-state index in [9.17, 15) is 23.3 Å². The number of hydrogen-bond acceptors (Lipinski definition) is 6. The number of carbonyl (C=O) groups is 1. The largest absolute Gasteiger partial charge is 0.378 e. The van der Waals surface area contributed by atoms with E-state index in [2.05, 4.69) is 26.6 Å². The zero-order chi connectivity index (χ0) is 19.3. The minimum atomic E-state index is -3.74. The Morgan fingerprint density at radius 1 is 1.19 bits per heavy atom. The quantitative estimate of drug-likeness (QED) is 0.387. The zero-order valence-corrected chi connectivity index (χ0v) is 16.1. The van der Waals surface area contributed by atoms with Crippen molar-refractivity contribution in [3.05, 3.63) is 62.6 Å². The van der Waals surface area contributed by atoms with Crippen molar-refractivity contribution in [3.8, 4) is 0 Å². The van der Waals surface area contributed by atoms with E-state index in [1.54, 1.807) is 24.3 Å². The van der Waals surface area contributed by atoms with Gasteiger partial charge in [-0.05, 0) is 30.3 Å². The van der Waals surface area contributed by atoms with E-state index >= 15 is 0 Å². The highest BCUT2D eigenvalue weighted by molar-refractivity contribution is 9.10. The highest BCUT2D eigenvalue weighted by atomic mass is 79.9. The highest BCUT2D eigenvalue weighted by Gasteiger charge is 2.25. The van der Waals surface area contributed by atoms with E-state index in [0.29, 0.717) is 5.56 Å². The summed E-state index contributed by atoms with van der Waals surface area (Å²) in [5.41, 5.74) is 0.0485. The number of carbonyl (C=O) groups excluding carboxylic acids is 1. The molecule has 2 aromatic carbocycles. The average molecular weight is 442 g/mol. The number of nitrogens with one attached hydrogen (secondary N) is 2. The lowest BCUT2D eigenvalue weighted by Gasteiger charge is -2.10. The molecule has 0 aliphatic carbocycles. The van der Waals surface area contributed by atoms with Crippen molar-refractivity contribution in [3.63, 3.8) is 0 Å². The first kappa shape index (κ1) is 19.9. The predicted octanol–water partition coefficient (Wildman–Crippen LogP) is 2.60. The molecule has 8 nitrogen and oxygen atoms in total. The fraction of sp³-hybridized carbons (Fsp3) is 0.188. The molecule has 0 unspecified atom stereocenters. The van der Waals surface area contributed by atoms with Crippen LogP contribution in [-0.4, -0.2) is 38.6 Å². The molecule has 0 heterocycles. The summed E-state index contributed by atoms with van der Waals surface area (Å²) in [6.07, 6.45) is 0.914. The first-order valence-corrected chi connectivity index (χ1v) is 10.1. The molecule has 0 bridgehead atoms. The molecule has 0 aliphatic heterocycles. The van der Waals surface area contributed by atoms with Gasteiger partial charge in [0.15, 0.2) is 9.84 Å².